The van der Waals surface area contributed by atoms with Crippen LogP contribution in [-0.4, -0.2) is 31.1 Å². The van der Waals surface area contributed by atoms with E-state index in [2.05, 4.69) is 68.4 Å². The standard InChI is InChI=1S/C16H28N2/c1-5-12-18(13-6-2)14(3)16(17-4)15-10-8-7-9-11-15/h7-11,14,16-17H,5-6,12-13H2,1-4H3. The molecule has 102 valence electrons. The predicted octanol–water partition coefficient (Wildman–Crippen LogP) is 3.46. The highest BCUT2D eigenvalue weighted by Gasteiger charge is 2.22. The Balaban J connectivity index is 2.79. The van der Waals surface area contributed by atoms with E-state index in [9.17, 15) is 0 Å². The van der Waals surface area contributed by atoms with Crippen molar-refractivity contribution in [3.8, 4) is 0 Å². The Hall–Kier alpha value is -0.860. The molecule has 1 aromatic rings. The summed E-state index contributed by atoms with van der Waals surface area (Å²) in [5, 5.41) is 3.47. The maximum absolute atomic E-state index is 3.47. The summed E-state index contributed by atoms with van der Waals surface area (Å²) in [5.74, 6) is 0. The van der Waals surface area contributed by atoms with Crippen LogP contribution in [0.15, 0.2) is 30.3 Å². The minimum atomic E-state index is 0.407. The smallest absolute Gasteiger partial charge is 0.0473 e. The molecule has 1 N–H and O–H groups in total. The molecular weight excluding hydrogens is 220 g/mol. The molecule has 2 unspecified atom stereocenters. The molecule has 0 amide bonds. The average Bonchev–Trinajstić information content (AvgIpc) is 2.40. The van der Waals surface area contributed by atoms with Gasteiger partial charge in [0.2, 0.25) is 0 Å². The van der Waals surface area contributed by atoms with E-state index >= 15 is 0 Å². The minimum Gasteiger partial charge on any atom is -0.312 e. The highest BCUT2D eigenvalue weighted by molar-refractivity contribution is 5.20. The Morgan fingerprint density at radius 2 is 1.61 bits per heavy atom. The summed E-state index contributed by atoms with van der Waals surface area (Å²) in [6, 6.07) is 11.7. The molecule has 0 saturated carbocycles. The molecule has 0 spiro atoms. The van der Waals surface area contributed by atoms with E-state index in [-0.39, 0.29) is 0 Å². The number of hydrogen-bond donors (Lipinski definition) is 1. The molecule has 0 heterocycles. The predicted molar refractivity (Wildman–Crippen MR) is 79.9 cm³/mol. The van der Waals surface area contributed by atoms with Crippen LogP contribution in [0.5, 0.6) is 0 Å². The van der Waals surface area contributed by atoms with E-state index in [0.717, 1.165) is 0 Å². The third kappa shape index (κ3) is 4.11. The van der Waals surface area contributed by atoms with Crippen molar-refractivity contribution >= 4 is 0 Å². The fraction of sp³-hybridized carbons (Fsp3) is 0.625. The van der Waals surface area contributed by atoms with Crippen LogP contribution in [0.1, 0.15) is 45.2 Å². The van der Waals surface area contributed by atoms with Crippen molar-refractivity contribution in [2.75, 3.05) is 20.1 Å². The van der Waals surface area contributed by atoms with Crippen molar-refractivity contribution in [1.82, 2.24) is 10.2 Å². The number of hydrogen-bond acceptors (Lipinski definition) is 2. The fourth-order valence-electron chi connectivity index (χ4n) is 2.65. The van der Waals surface area contributed by atoms with Gasteiger partial charge in [-0.2, -0.15) is 0 Å². The Morgan fingerprint density at radius 1 is 1.06 bits per heavy atom. The molecule has 2 atom stereocenters. The van der Waals surface area contributed by atoms with Gasteiger partial charge >= 0.3 is 0 Å². The number of rotatable bonds is 8. The second-order valence-corrected chi connectivity index (χ2v) is 4.95. The topological polar surface area (TPSA) is 15.3 Å². The normalized spacial score (nSPS) is 14.7. The van der Waals surface area contributed by atoms with Crippen molar-refractivity contribution < 1.29 is 0 Å². The molecule has 1 rings (SSSR count). The third-order valence-corrected chi connectivity index (χ3v) is 3.55. The maximum atomic E-state index is 3.47. The third-order valence-electron chi connectivity index (χ3n) is 3.55. The van der Waals surface area contributed by atoms with Crippen molar-refractivity contribution in [1.29, 1.82) is 0 Å². The first-order chi connectivity index (χ1) is 8.74. The number of nitrogens with zero attached hydrogens (tertiary/aromatic N) is 1. The maximum Gasteiger partial charge on any atom is 0.0473 e. The molecule has 2 heteroatoms. The van der Waals surface area contributed by atoms with Gasteiger partial charge in [0.25, 0.3) is 0 Å². The van der Waals surface area contributed by atoms with Crippen LogP contribution in [0.3, 0.4) is 0 Å². The summed E-state index contributed by atoms with van der Waals surface area (Å²) >= 11 is 0. The lowest BCUT2D eigenvalue weighted by molar-refractivity contribution is 0.172. The van der Waals surface area contributed by atoms with Crippen molar-refractivity contribution in [3.63, 3.8) is 0 Å². The van der Waals surface area contributed by atoms with Crippen LogP contribution < -0.4 is 5.32 Å². The van der Waals surface area contributed by atoms with Crippen molar-refractivity contribution in [3.05, 3.63) is 35.9 Å². The molecule has 1 aromatic carbocycles. The molecule has 0 aliphatic rings. The van der Waals surface area contributed by atoms with E-state index in [1.807, 2.05) is 0 Å². The Bertz CT molecular complexity index is 304. The van der Waals surface area contributed by atoms with Gasteiger partial charge in [-0.3, -0.25) is 4.90 Å². The molecule has 0 aliphatic carbocycles. The number of benzene rings is 1. The summed E-state index contributed by atoms with van der Waals surface area (Å²) < 4.78 is 0. The Morgan fingerprint density at radius 3 is 2.06 bits per heavy atom. The lowest BCUT2D eigenvalue weighted by Gasteiger charge is -2.34. The summed E-state index contributed by atoms with van der Waals surface area (Å²) in [7, 11) is 2.06. The number of likely N-dealkylation sites (N-methyl/N-ethyl adjacent to an activating group) is 1. The van der Waals surface area contributed by atoms with Gasteiger partial charge in [0.05, 0.1) is 0 Å². The van der Waals surface area contributed by atoms with Crippen LogP contribution >= 0.6 is 0 Å². The van der Waals surface area contributed by atoms with Gasteiger partial charge in [0.15, 0.2) is 0 Å². The van der Waals surface area contributed by atoms with Crippen LogP contribution in [0.25, 0.3) is 0 Å². The van der Waals surface area contributed by atoms with Crippen LogP contribution in [-0.2, 0) is 0 Å². The Labute approximate surface area is 112 Å². The molecule has 0 radical (unpaired) electrons. The molecule has 0 aliphatic heterocycles. The molecule has 0 bridgehead atoms. The molecule has 0 fully saturated rings. The zero-order valence-electron chi connectivity index (χ0n) is 12.3. The summed E-state index contributed by atoms with van der Waals surface area (Å²) in [6.07, 6.45) is 2.44. The molecule has 2 nitrogen and oxygen atoms in total. The first-order valence-electron chi connectivity index (χ1n) is 7.20. The lowest BCUT2D eigenvalue weighted by Crippen LogP contribution is -2.42. The van der Waals surface area contributed by atoms with E-state index in [1.165, 1.54) is 31.5 Å². The second-order valence-electron chi connectivity index (χ2n) is 4.95. The summed E-state index contributed by atoms with van der Waals surface area (Å²) in [5.41, 5.74) is 1.38. The minimum absolute atomic E-state index is 0.407. The Kier molecular flexibility index (Phi) is 6.99. The molecular formula is C16H28N2. The number of nitrogens with one attached hydrogen (secondary N) is 1. The van der Waals surface area contributed by atoms with E-state index in [1.54, 1.807) is 0 Å². The molecule has 18 heavy (non-hydrogen) atoms. The molecule has 0 saturated heterocycles. The van der Waals surface area contributed by atoms with Gasteiger partial charge in [-0.1, -0.05) is 44.2 Å². The lowest BCUT2D eigenvalue weighted by atomic mass is 9.99. The van der Waals surface area contributed by atoms with Crippen molar-refractivity contribution in [2.45, 2.75) is 45.7 Å². The van der Waals surface area contributed by atoms with E-state index < -0.39 is 0 Å². The van der Waals surface area contributed by atoms with Gasteiger partial charge in [-0.05, 0) is 45.5 Å². The SMILES string of the molecule is CCCN(CCC)C(C)C(NC)c1ccccc1. The second kappa shape index (κ2) is 8.28. The van der Waals surface area contributed by atoms with E-state index in [4.69, 9.17) is 0 Å². The van der Waals surface area contributed by atoms with Crippen molar-refractivity contribution in [2.24, 2.45) is 0 Å². The van der Waals surface area contributed by atoms with Crippen LogP contribution in [0.4, 0.5) is 0 Å². The van der Waals surface area contributed by atoms with Gasteiger partial charge in [-0.15, -0.1) is 0 Å². The van der Waals surface area contributed by atoms with Crippen LogP contribution in [0, 0.1) is 0 Å². The van der Waals surface area contributed by atoms with Gasteiger partial charge < -0.3 is 5.32 Å². The zero-order chi connectivity index (χ0) is 13.4. The zero-order valence-corrected chi connectivity index (χ0v) is 12.3. The quantitative estimate of drug-likeness (QED) is 0.758. The monoisotopic (exact) mass is 248 g/mol. The van der Waals surface area contributed by atoms with Crippen LogP contribution in [0.2, 0.25) is 0 Å². The van der Waals surface area contributed by atoms with Gasteiger partial charge in [0, 0.05) is 12.1 Å². The first-order valence-corrected chi connectivity index (χ1v) is 7.20. The highest BCUT2D eigenvalue weighted by atomic mass is 15.2. The van der Waals surface area contributed by atoms with E-state index in [0.29, 0.717) is 12.1 Å². The first kappa shape index (κ1) is 15.2. The summed E-state index contributed by atoms with van der Waals surface area (Å²) in [6.45, 7) is 9.21. The largest absolute Gasteiger partial charge is 0.312 e. The summed E-state index contributed by atoms with van der Waals surface area (Å²) in [4.78, 5) is 2.59. The fourth-order valence-corrected chi connectivity index (χ4v) is 2.65. The average molecular weight is 248 g/mol. The molecule has 0 aromatic heterocycles. The highest BCUT2D eigenvalue weighted by Crippen LogP contribution is 2.21. The van der Waals surface area contributed by atoms with Gasteiger partial charge in [0.1, 0.15) is 0 Å². The van der Waals surface area contributed by atoms with Gasteiger partial charge in [-0.25, -0.2) is 0 Å².